The molecule has 1 aliphatic carbocycles. The van der Waals surface area contributed by atoms with Crippen molar-refractivity contribution in [2.45, 2.75) is 25.0 Å². The van der Waals surface area contributed by atoms with Crippen molar-refractivity contribution in [2.24, 2.45) is 5.41 Å². The van der Waals surface area contributed by atoms with Crippen LogP contribution < -0.4 is 0 Å². The molecule has 98 valence electrons. The molecule has 0 aromatic carbocycles. The first-order chi connectivity index (χ1) is 8.51. The molecule has 0 spiro atoms. The number of aliphatic carboxylic acids is 1. The van der Waals surface area contributed by atoms with Gasteiger partial charge in [0.25, 0.3) is 0 Å². The summed E-state index contributed by atoms with van der Waals surface area (Å²) in [6, 6.07) is 1.63. The van der Waals surface area contributed by atoms with Crippen molar-refractivity contribution in [3.8, 4) is 0 Å². The molecular formula is C12H13Cl2NO2S. The van der Waals surface area contributed by atoms with Gasteiger partial charge in [-0.05, 0) is 35.6 Å². The van der Waals surface area contributed by atoms with E-state index in [9.17, 15) is 4.79 Å². The Bertz CT molecular complexity index is 463. The van der Waals surface area contributed by atoms with Gasteiger partial charge in [-0.1, -0.05) is 23.2 Å². The zero-order valence-electron chi connectivity index (χ0n) is 9.66. The van der Waals surface area contributed by atoms with Gasteiger partial charge in [0.2, 0.25) is 0 Å². The minimum atomic E-state index is -0.709. The van der Waals surface area contributed by atoms with Crippen molar-refractivity contribution in [3.63, 3.8) is 0 Å². The number of nitrogens with zero attached hydrogens (tertiary/aromatic N) is 1. The summed E-state index contributed by atoms with van der Waals surface area (Å²) in [5.41, 5.74) is 0.959. The number of carbonyl (C=O) groups is 1. The van der Waals surface area contributed by atoms with Crippen LogP contribution in [0.1, 0.15) is 24.8 Å². The fraction of sp³-hybridized carbons (Fsp3) is 0.500. The second-order valence-electron chi connectivity index (χ2n) is 4.66. The van der Waals surface area contributed by atoms with Crippen LogP contribution in [0.25, 0.3) is 0 Å². The molecule has 0 unspecified atom stereocenters. The van der Waals surface area contributed by atoms with Gasteiger partial charge < -0.3 is 5.11 Å². The zero-order chi connectivity index (χ0) is 13.2. The minimum Gasteiger partial charge on any atom is -0.481 e. The highest BCUT2D eigenvalue weighted by molar-refractivity contribution is 7.98. The average molecular weight is 306 g/mol. The molecule has 1 heterocycles. The quantitative estimate of drug-likeness (QED) is 0.810. The smallest absolute Gasteiger partial charge is 0.303 e. The number of hydrogen-bond acceptors (Lipinski definition) is 3. The highest BCUT2D eigenvalue weighted by atomic mass is 35.5. The molecule has 1 saturated carbocycles. The van der Waals surface area contributed by atoms with E-state index in [-0.39, 0.29) is 11.8 Å². The number of thioether (sulfide) groups is 1. The van der Waals surface area contributed by atoms with Crippen molar-refractivity contribution >= 4 is 40.9 Å². The SMILES string of the molecule is O=C(O)CC1(CSCc2cnc(Cl)cc2Cl)CC1. The maximum atomic E-state index is 10.7. The van der Waals surface area contributed by atoms with E-state index in [0.29, 0.717) is 10.2 Å². The molecule has 0 amide bonds. The Morgan fingerprint density at radius 3 is 2.78 bits per heavy atom. The summed E-state index contributed by atoms with van der Waals surface area (Å²) in [7, 11) is 0. The molecule has 1 aromatic heterocycles. The summed E-state index contributed by atoms with van der Waals surface area (Å²) >= 11 is 13.5. The lowest BCUT2D eigenvalue weighted by Crippen LogP contribution is -2.11. The lowest BCUT2D eigenvalue weighted by atomic mass is 10.1. The second-order valence-corrected chi connectivity index (χ2v) is 6.44. The van der Waals surface area contributed by atoms with Gasteiger partial charge in [-0.15, -0.1) is 0 Å². The Kier molecular flexibility index (Phi) is 4.41. The zero-order valence-corrected chi connectivity index (χ0v) is 12.0. The lowest BCUT2D eigenvalue weighted by Gasteiger charge is -2.12. The fourth-order valence-corrected chi connectivity index (χ4v) is 3.68. The number of pyridine rings is 1. The third kappa shape index (κ3) is 3.77. The van der Waals surface area contributed by atoms with Gasteiger partial charge in [-0.25, -0.2) is 4.98 Å². The predicted molar refractivity (Wildman–Crippen MR) is 74.3 cm³/mol. The summed E-state index contributed by atoms with van der Waals surface area (Å²) in [5, 5.41) is 9.83. The number of halogens is 2. The number of hydrogen-bond donors (Lipinski definition) is 1. The Morgan fingerprint density at radius 2 is 2.22 bits per heavy atom. The summed E-state index contributed by atoms with van der Waals surface area (Å²) in [5.74, 6) is 0.891. The average Bonchev–Trinajstić information content (AvgIpc) is 3.00. The molecule has 0 saturated heterocycles. The highest BCUT2D eigenvalue weighted by Gasteiger charge is 2.44. The topological polar surface area (TPSA) is 50.2 Å². The molecule has 1 fully saturated rings. The van der Waals surface area contributed by atoms with E-state index in [1.807, 2.05) is 0 Å². The monoisotopic (exact) mass is 305 g/mol. The minimum absolute atomic E-state index is 0.0167. The van der Waals surface area contributed by atoms with Crippen LogP contribution in [0, 0.1) is 5.41 Å². The van der Waals surface area contributed by atoms with Crippen LogP contribution in [0.4, 0.5) is 0 Å². The highest BCUT2D eigenvalue weighted by Crippen LogP contribution is 2.51. The fourth-order valence-electron chi connectivity index (χ4n) is 1.79. The van der Waals surface area contributed by atoms with E-state index in [2.05, 4.69) is 4.98 Å². The molecule has 2 rings (SSSR count). The molecule has 3 nitrogen and oxygen atoms in total. The van der Waals surface area contributed by atoms with Crippen LogP contribution in [0.15, 0.2) is 12.3 Å². The summed E-state index contributed by atoms with van der Waals surface area (Å²) < 4.78 is 0. The molecule has 0 radical (unpaired) electrons. The first kappa shape index (κ1) is 14.0. The largest absolute Gasteiger partial charge is 0.481 e. The van der Waals surface area contributed by atoms with Crippen LogP contribution in [0.5, 0.6) is 0 Å². The molecule has 0 atom stereocenters. The molecule has 18 heavy (non-hydrogen) atoms. The van der Waals surface area contributed by atoms with E-state index in [4.69, 9.17) is 28.3 Å². The van der Waals surface area contributed by atoms with Crippen LogP contribution in [-0.2, 0) is 10.5 Å². The van der Waals surface area contributed by atoms with E-state index < -0.39 is 5.97 Å². The molecule has 1 aliphatic rings. The van der Waals surface area contributed by atoms with Gasteiger partial charge in [0.05, 0.1) is 6.42 Å². The molecule has 0 aliphatic heterocycles. The van der Waals surface area contributed by atoms with Crippen molar-refractivity contribution in [3.05, 3.63) is 28.0 Å². The molecule has 0 bridgehead atoms. The van der Waals surface area contributed by atoms with Gasteiger partial charge in [-0.3, -0.25) is 4.79 Å². The maximum absolute atomic E-state index is 10.7. The second kappa shape index (κ2) is 5.68. The summed E-state index contributed by atoms with van der Waals surface area (Å²) in [6.45, 7) is 0. The van der Waals surface area contributed by atoms with E-state index in [1.54, 1.807) is 24.0 Å². The Labute approximate surface area is 120 Å². The number of aromatic nitrogens is 1. The van der Waals surface area contributed by atoms with Crippen molar-refractivity contribution in [2.75, 3.05) is 5.75 Å². The van der Waals surface area contributed by atoms with E-state index in [0.717, 1.165) is 29.9 Å². The van der Waals surface area contributed by atoms with Crippen molar-refractivity contribution in [1.82, 2.24) is 4.98 Å². The van der Waals surface area contributed by atoms with Gasteiger partial charge in [0.15, 0.2) is 0 Å². The van der Waals surface area contributed by atoms with Crippen LogP contribution in [0.2, 0.25) is 10.2 Å². The summed E-state index contributed by atoms with van der Waals surface area (Å²) in [6.07, 6.45) is 3.97. The van der Waals surface area contributed by atoms with E-state index >= 15 is 0 Å². The Balaban J connectivity index is 1.83. The van der Waals surface area contributed by atoms with E-state index in [1.165, 1.54) is 0 Å². The van der Waals surface area contributed by atoms with Gasteiger partial charge >= 0.3 is 5.97 Å². The number of carboxylic acids is 1. The summed E-state index contributed by atoms with van der Waals surface area (Å²) in [4.78, 5) is 14.7. The molecular weight excluding hydrogens is 293 g/mol. The predicted octanol–water partition coefficient (Wildman–Crippen LogP) is 3.88. The first-order valence-corrected chi connectivity index (χ1v) is 7.51. The van der Waals surface area contributed by atoms with Gasteiger partial charge in [0.1, 0.15) is 5.15 Å². The normalized spacial score (nSPS) is 16.6. The van der Waals surface area contributed by atoms with Crippen LogP contribution >= 0.6 is 35.0 Å². The van der Waals surface area contributed by atoms with Crippen molar-refractivity contribution in [1.29, 1.82) is 0 Å². The van der Waals surface area contributed by atoms with Crippen LogP contribution in [0.3, 0.4) is 0 Å². The number of rotatable bonds is 6. The maximum Gasteiger partial charge on any atom is 0.303 e. The molecule has 6 heteroatoms. The third-order valence-corrected chi connectivity index (χ3v) is 4.94. The van der Waals surface area contributed by atoms with Gasteiger partial charge in [0, 0.05) is 17.0 Å². The first-order valence-electron chi connectivity index (χ1n) is 5.60. The Hall–Kier alpha value is -0.450. The van der Waals surface area contributed by atoms with Gasteiger partial charge in [-0.2, -0.15) is 11.8 Å². The molecule has 1 aromatic rings. The standard InChI is InChI=1S/C12H13Cl2NO2S/c13-9-3-10(14)15-5-8(9)6-18-7-12(1-2-12)4-11(16)17/h3,5H,1-2,4,6-7H2,(H,16,17). The number of carboxylic acid groups (broad SMARTS) is 1. The Morgan fingerprint density at radius 1 is 1.50 bits per heavy atom. The lowest BCUT2D eigenvalue weighted by molar-refractivity contribution is -0.138. The third-order valence-electron chi connectivity index (χ3n) is 3.05. The van der Waals surface area contributed by atoms with Crippen molar-refractivity contribution < 1.29 is 9.90 Å². The van der Waals surface area contributed by atoms with Crippen LogP contribution in [-0.4, -0.2) is 21.8 Å². The molecule has 1 N–H and O–H groups in total.